The van der Waals surface area contributed by atoms with Crippen LogP contribution in [-0.4, -0.2) is 26.6 Å². The standard InChI is InChI=1S/C21H15N5O2S2/c27-19(23-10-13-11-24-26(12-13)21-22-7-8-29-21)14-5-6-18-16(9-14)25-20(28)15-3-1-2-4-17(15)30-18/h1-9,11-12H,10H2,(H,23,27)(H,25,28). The Morgan fingerprint density at radius 3 is 2.93 bits per heavy atom. The van der Waals surface area contributed by atoms with Crippen LogP contribution in [0.5, 0.6) is 0 Å². The monoisotopic (exact) mass is 433 g/mol. The Balaban J connectivity index is 1.30. The minimum absolute atomic E-state index is 0.177. The Labute approximate surface area is 180 Å². The van der Waals surface area contributed by atoms with Crippen molar-refractivity contribution in [3.05, 3.63) is 83.1 Å². The Morgan fingerprint density at radius 2 is 2.07 bits per heavy atom. The van der Waals surface area contributed by atoms with Gasteiger partial charge in [-0.2, -0.15) is 5.10 Å². The molecule has 2 amide bonds. The molecule has 0 spiro atoms. The molecule has 1 aliphatic rings. The third-order valence-electron chi connectivity index (χ3n) is 4.55. The van der Waals surface area contributed by atoms with Gasteiger partial charge in [-0.15, -0.1) is 11.3 Å². The first-order valence-corrected chi connectivity index (χ1v) is 10.8. The molecule has 0 bridgehead atoms. The third kappa shape index (κ3) is 3.60. The average Bonchev–Trinajstić information content (AvgIpc) is 3.43. The molecule has 0 saturated carbocycles. The second-order valence-electron chi connectivity index (χ2n) is 6.55. The number of fused-ring (bicyclic) bond motifs is 2. The van der Waals surface area contributed by atoms with E-state index in [-0.39, 0.29) is 11.8 Å². The number of aromatic nitrogens is 3. The van der Waals surface area contributed by atoms with Gasteiger partial charge in [-0.25, -0.2) is 9.67 Å². The first kappa shape index (κ1) is 18.6. The van der Waals surface area contributed by atoms with Gasteiger partial charge in [-0.1, -0.05) is 23.9 Å². The lowest BCUT2D eigenvalue weighted by molar-refractivity contribution is 0.0949. The number of anilines is 1. The number of thiazole rings is 1. The largest absolute Gasteiger partial charge is 0.348 e. The minimum Gasteiger partial charge on any atom is -0.348 e. The Bertz CT molecular complexity index is 1250. The molecule has 148 valence electrons. The lowest BCUT2D eigenvalue weighted by Gasteiger charge is -2.09. The molecule has 0 atom stereocenters. The molecule has 7 nitrogen and oxygen atoms in total. The fraction of sp³-hybridized carbons (Fsp3) is 0.0476. The smallest absolute Gasteiger partial charge is 0.256 e. The van der Waals surface area contributed by atoms with Gasteiger partial charge in [0, 0.05) is 45.2 Å². The molecule has 5 rings (SSSR count). The van der Waals surface area contributed by atoms with Crippen LogP contribution in [0, 0.1) is 0 Å². The quantitative estimate of drug-likeness (QED) is 0.508. The molecule has 2 aromatic heterocycles. The molecule has 4 aromatic rings. The second-order valence-corrected chi connectivity index (χ2v) is 8.51. The molecular weight excluding hydrogens is 418 g/mol. The fourth-order valence-electron chi connectivity index (χ4n) is 3.08. The topological polar surface area (TPSA) is 88.9 Å². The maximum absolute atomic E-state index is 12.7. The van der Waals surface area contributed by atoms with Crippen LogP contribution in [0.25, 0.3) is 5.13 Å². The zero-order valence-electron chi connectivity index (χ0n) is 15.5. The van der Waals surface area contributed by atoms with Gasteiger partial charge in [0.2, 0.25) is 5.13 Å². The number of nitrogens with zero attached hydrogens (tertiary/aromatic N) is 3. The highest BCUT2D eigenvalue weighted by molar-refractivity contribution is 7.99. The molecule has 0 aliphatic carbocycles. The van der Waals surface area contributed by atoms with Gasteiger partial charge < -0.3 is 10.6 Å². The van der Waals surface area contributed by atoms with Crippen LogP contribution in [0.3, 0.4) is 0 Å². The van der Waals surface area contributed by atoms with Crippen LogP contribution in [0.2, 0.25) is 0 Å². The zero-order chi connectivity index (χ0) is 20.5. The predicted octanol–water partition coefficient (Wildman–Crippen LogP) is 3.98. The van der Waals surface area contributed by atoms with Crippen molar-refractivity contribution in [2.24, 2.45) is 0 Å². The van der Waals surface area contributed by atoms with Crippen LogP contribution >= 0.6 is 23.1 Å². The SMILES string of the molecule is O=C(NCc1cnn(-c2nccs2)c1)c1ccc2c(c1)NC(=O)c1ccccc1S2. The average molecular weight is 434 g/mol. The van der Waals surface area contributed by atoms with E-state index in [4.69, 9.17) is 0 Å². The van der Waals surface area contributed by atoms with Gasteiger partial charge in [0.05, 0.1) is 17.4 Å². The number of rotatable bonds is 4. The summed E-state index contributed by atoms with van der Waals surface area (Å²) in [6.45, 7) is 0.341. The van der Waals surface area contributed by atoms with E-state index in [1.807, 2.05) is 35.8 Å². The molecular formula is C21H15N5O2S2. The van der Waals surface area contributed by atoms with E-state index in [1.54, 1.807) is 35.3 Å². The highest BCUT2D eigenvalue weighted by atomic mass is 32.2. The molecule has 30 heavy (non-hydrogen) atoms. The lowest BCUT2D eigenvalue weighted by Crippen LogP contribution is -2.23. The van der Waals surface area contributed by atoms with Crippen molar-refractivity contribution in [1.82, 2.24) is 20.1 Å². The van der Waals surface area contributed by atoms with E-state index < -0.39 is 0 Å². The van der Waals surface area contributed by atoms with E-state index in [0.717, 1.165) is 20.5 Å². The first-order valence-electron chi connectivity index (χ1n) is 9.11. The second kappa shape index (κ2) is 7.77. The molecule has 0 unspecified atom stereocenters. The summed E-state index contributed by atoms with van der Waals surface area (Å²) in [5.41, 5.74) is 2.60. The van der Waals surface area contributed by atoms with Gasteiger partial charge >= 0.3 is 0 Å². The number of carbonyl (C=O) groups is 2. The van der Waals surface area contributed by atoms with Crippen molar-refractivity contribution in [2.45, 2.75) is 16.3 Å². The number of hydrogen-bond acceptors (Lipinski definition) is 6. The maximum Gasteiger partial charge on any atom is 0.256 e. The molecule has 2 aromatic carbocycles. The van der Waals surface area contributed by atoms with Crippen molar-refractivity contribution >= 4 is 40.6 Å². The summed E-state index contributed by atoms with van der Waals surface area (Å²) in [7, 11) is 0. The number of hydrogen-bond donors (Lipinski definition) is 2. The lowest BCUT2D eigenvalue weighted by atomic mass is 10.1. The van der Waals surface area contributed by atoms with Crippen molar-refractivity contribution in [2.75, 3.05) is 5.32 Å². The normalized spacial score (nSPS) is 12.5. The number of benzene rings is 2. The molecule has 0 radical (unpaired) electrons. The Morgan fingerprint density at radius 1 is 1.17 bits per heavy atom. The minimum atomic E-state index is -0.221. The molecule has 1 aliphatic heterocycles. The fourth-order valence-corrected chi connectivity index (χ4v) is 4.66. The maximum atomic E-state index is 12.7. The number of nitrogens with one attached hydrogen (secondary N) is 2. The van der Waals surface area contributed by atoms with Crippen LogP contribution < -0.4 is 10.6 Å². The van der Waals surface area contributed by atoms with Gasteiger partial charge in [-0.05, 0) is 30.3 Å². The summed E-state index contributed by atoms with van der Waals surface area (Å²) in [5, 5.41) is 12.7. The zero-order valence-corrected chi connectivity index (χ0v) is 17.2. The Hall–Kier alpha value is -3.43. The summed E-state index contributed by atoms with van der Waals surface area (Å²) >= 11 is 2.99. The van der Waals surface area contributed by atoms with Crippen molar-refractivity contribution in [3.8, 4) is 5.13 Å². The van der Waals surface area contributed by atoms with Crippen molar-refractivity contribution in [1.29, 1.82) is 0 Å². The van der Waals surface area contributed by atoms with Crippen molar-refractivity contribution in [3.63, 3.8) is 0 Å². The third-order valence-corrected chi connectivity index (χ3v) is 6.46. The predicted molar refractivity (Wildman–Crippen MR) is 115 cm³/mol. The van der Waals surface area contributed by atoms with Gasteiger partial charge in [0.25, 0.3) is 11.8 Å². The van der Waals surface area contributed by atoms with E-state index in [0.29, 0.717) is 23.4 Å². The highest BCUT2D eigenvalue weighted by Gasteiger charge is 2.20. The van der Waals surface area contributed by atoms with E-state index >= 15 is 0 Å². The summed E-state index contributed by atoms with van der Waals surface area (Å²) in [6.07, 6.45) is 5.26. The summed E-state index contributed by atoms with van der Waals surface area (Å²) in [4.78, 5) is 31.2. The van der Waals surface area contributed by atoms with Gasteiger partial charge in [-0.3, -0.25) is 9.59 Å². The Kier molecular flexibility index (Phi) is 4.82. The van der Waals surface area contributed by atoms with Crippen LogP contribution in [0.15, 0.2) is 76.2 Å². The molecule has 0 saturated heterocycles. The molecule has 0 fully saturated rings. The van der Waals surface area contributed by atoms with Gasteiger partial charge in [0.1, 0.15) is 0 Å². The highest BCUT2D eigenvalue weighted by Crippen LogP contribution is 2.38. The van der Waals surface area contributed by atoms with E-state index in [1.165, 1.54) is 23.1 Å². The summed E-state index contributed by atoms with van der Waals surface area (Å²) in [6, 6.07) is 12.8. The van der Waals surface area contributed by atoms with Crippen LogP contribution in [0.1, 0.15) is 26.3 Å². The number of amides is 2. The van der Waals surface area contributed by atoms with E-state index in [2.05, 4.69) is 20.7 Å². The van der Waals surface area contributed by atoms with Crippen molar-refractivity contribution < 1.29 is 9.59 Å². The summed E-state index contributed by atoms with van der Waals surface area (Å²) < 4.78 is 1.68. The van der Waals surface area contributed by atoms with Crippen LogP contribution in [-0.2, 0) is 6.54 Å². The molecule has 2 N–H and O–H groups in total. The summed E-state index contributed by atoms with van der Waals surface area (Å²) in [5.74, 6) is -0.398. The first-order chi connectivity index (χ1) is 14.7. The molecule has 9 heteroatoms. The van der Waals surface area contributed by atoms with Crippen LogP contribution in [0.4, 0.5) is 5.69 Å². The van der Waals surface area contributed by atoms with E-state index in [9.17, 15) is 9.59 Å². The molecule has 3 heterocycles. The van der Waals surface area contributed by atoms with Gasteiger partial charge in [0.15, 0.2) is 0 Å². The number of carbonyl (C=O) groups excluding carboxylic acids is 2.